The Balaban J connectivity index is 1.74. The van der Waals surface area contributed by atoms with Crippen LogP contribution in [0.4, 0.5) is 9.59 Å². The van der Waals surface area contributed by atoms with Crippen LogP contribution in [0.3, 0.4) is 0 Å². The number of hydrogen-bond donors (Lipinski definition) is 1. The van der Waals surface area contributed by atoms with Crippen LogP contribution in [0.25, 0.3) is 0 Å². The van der Waals surface area contributed by atoms with Crippen LogP contribution in [0.2, 0.25) is 0 Å². The monoisotopic (exact) mass is 321 g/mol. The van der Waals surface area contributed by atoms with Crippen LogP contribution in [0.1, 0.15) is 5.56 Å². The van der Waals surface area contributed by atoms with E-state index in [1.165, 1.54) is 7.11 Å². The highest BCUT2D eigenvalue weighted by Gasteiger charge is 2.24. The summed E-state index contributed by atoms with van der Waals surface area (Å²) in [5, 5.41) is 2.91. The lowest BCUT2D eigenvalue weighted by Gasteiger charge is -2.33. The fourth-order valence-electron chi connectivity index (χ4n) is 2.55. The second-order valence-corrected chi connectivity index (χ2v) is 5.24. The van der Waals surface area contributed by atoms with Crippen molar-refractivity contribution in [2.24, 2.45) is 0 Å². The number of ether oxygens (including phenoxy) is 2. The van der Waals surface area contributed by atoms with E-state index in [2.05, 4.69) is 10.1 Å². The van der Waals surface area contributed by atoms with Crippen molar-refractivity contribution in [2.45, 2.75) is 6.42 Å². The van der Waals surface area contributed by atoms with Crippen molar-refractivity contribution in [1.29, 1.82) is 0 Å². The van der Waals surface area contributed by atoms with Crippen molar-refractivity contribution in [1.82, 2.24) is 15.1 Å². The Kier molecular flexibility index (Phi) is 6.08. The molecule has 1 aromatic rings. The fraction of sp³-hybridized carbons (Fsp3) is 0.500. The van der Waals surface area contributed by atoms with Gasteiger partial charge in [-0.05, 0) is 18.1 Å². The maximum Gasteiger partial charge on any atom is 0.409 e. The van der Waals surface area contributed by atoms with Gasteiger partial charge >= 0.3 is 12.1 Å². The van der Waals surface area contributed by atoms with Crippen LogP contribution in [-0.4, -0.2) is 68.9 Å². The number of para-hydroxylation sites is 1. The number of nitrogens with one attached hydrogen (secondary N) is 1. The molecule has 2 rings (SSSR count). The van der Waals surface area contributed by atoms with Crippen LogP contribution in [0.15, 0.2) is 24.3 Å². The molecule has 1 aliphatic heterocycles. The van der Waals surface area contributed by atoms with E-state index in [1.807, 2.05) is 24.3 Å². The third-order valence-corrected chi connectivity index (χ3v) is 3.86. The van der Waals surface area contributed by atoms with Crippen molar-refractivity contribution in [3.63, 3.8) is 0 Å². The summed E-state index contributed by atoms with van der Waals surface area (Å²) >= 11 is 0. The lowest BCUT2D eigenvalue weighted by Crippen LogP contribution is -2.53. The Morgan fingerprint density at radius 2 is 1.74 bits per heavy atom. The zero-order valence-electron chi connectivity index (χ0n) is 13.6. The molecule has 3 amide bonds. The highest BCUT2D eigenvalue weighted by Crippen LogP contribution is 2.17. The molecule has 23 heavy (non-hydrogen) atoms. The first kappa shape index (κ1) is 16.9. The van der Waals surface area contributed by atoms with Crippen molar-refractivity contribution < 1.29 is 19.1 Å². The number of amides is 3. The smallest absolute Gasteiger partial charge is 0.409 e. The molecule has 0 bridgehead atoms. The summed E-state index contributed by atoms with van der Waals surface area (Å²) in [6.45, 7) is 2.54. The van der Waals surface area contributed by atoms with Gasteiger partial charge < -0.3 is 24.6 Å². The van der Waals surface area contributed by atoms with Gasteiger partial charge in [0.2, 0.25) is 0 Å². The average Bonchev–Trinajstić information content (AvgIpc) is 2.61. The number of hydrogen-bond acceptors (Lipinski definition) is 4. The Morgan fingerprint density at radius 3 is 2.39 bits per heavy atom. The number of nitrogens with zero attached hydrogens (tertiary/aromatic N) is 2. The molecule has 0 radical (unpaired) electrons. The molecule has 0 saturated carbocycles. The van der Waals surface area contributed by atoms with E-state index in [-0.39, 0.29) is 12.1 Å². The van der Waals surface area contributed by atoms with Gasteiger partial charge in [-0.3, -0.25) is 0 Å². The number of urea groups is 1. The van der Waals surface area contributed by atoms with Crippen molar-refractivity contribution >= 4 is 12.1 Å². The van der Waals surface area contributed by atoms with Gasteiger partial charge in [0.1, 0.15) is 5.75 Å². The largest absolute Gasteiger partial charge is 0.496 e. The summed E-state index contributed by atoms with van der Waals surface area (Å²) in [5.74, 6) is 0.827. The molecule has 1 fully saturated rings. The number of rotatable bonds is 4. The molecule has 1 aromatic carbocycles. The summed E-state index contributed by atoms with van der Waals surface area (Å²) in [7, 11) is 3.00. The van der Waals surface area contributed by atoms with Crippen LogP contribution in [-0.2, 0) is 11.2 Å². The van der Waals surface area contributed by atoms with Gasteiger partial charge in [0.15, 0.2) is 0 Å². The number of piperazine rings is 1. The lowest BCUT2D eigenvalue weighted by atomic mass is 10.1. The van der Waals surface area contributed by atoms with E-state index in [1.54, 1.807) is 16.9 Å². The summed E-state index contributed by atoms with van der Waals surface area (Å²) in [4.78, 5) is 26.8. The molecule has 1 heterocycles. The van der Waals surface area contributed by atoms with Gasteiger partial charge in [-0.25, -0.2) is 9.59 Å². The molecule has 1 aliphatic rings. The summed E-state index contributed by atoms with van der Waals surface area (Å²) in [6, 6.07) is 7.65. The molecule has 0 aliphatic carbocycles. The number of benzene rings is 1. The first-order valence-corrected chi connectivity index (χ1v) is 7.63. The Hall–Kier alpha value is -2.44. The van der Waals surface area contributed by atoms with Gasteiger partial charge in [-0.1, -0.05) is 18.2 Å². The highest BCUT2D eigenvalue weighted by atomic mass is 16.5. The maximum absolute atomic E-state index is 12.1. The van der Waals surface area contributed by atoms with Crippen LogP contribution < -0.4 is 10.1 Å². The molecule has 1 saturated heterocycles. The lowest BCUT2D eigenvalue weighted by molar-refractivity contribution is 0.0971. The third kappa shape index (κ3) is 4.51. The minimum atomic E-state index is -0.346. The molecule has 1 N–H and O–H groups in total. The summed E-state index contributed by atoms with van der Waals surface area (Å²) < 4.78 is 9.97. The van der Waals surface area contributed by atoms with E-state index < -0.39 is 0 Å². The zero-order chi connectivity index (χ0) is 16.7. The molecule has 126 valence electrons. The van der Waals surface area contributed by atoms with Gasteiger partial charge in [0.25, 0.3) is 0 Å². The van der Waals surface area contributed by atoms with E-state index in [9.17, 15) is 9.59 Å². The predicted molar refractivity (Wildman–Crippen MR) is 85.6 cm³/mol. The zero-order valence-corrected chi connectivity index (χ0v) is 13.6. The van der Waals surface area contributed by atoms with Gasteiger partial charge in [-0.2, -0.15) is 0 Å². The first-order valence-electron chi connectivity index (χ1n) is 7.63. The second-order valence-electron chi connectivity index (χ2n) is 5.24. The number of methoxy groups -OCH3 is 2. The minimum Gasteiger partial charge on any atom is -0.496 e. The van der Waals surface area contributed by atoms with Crippen molar-refractivity contribution in [3.05, 3.63) is 29.8 Å². The summed E-state index contributed by atoms with van der Waals surface area (Å²) in [6.07, 6.45) is 0.360. The van der Waals surface area contributed by atoms with E-state index in [0.717, 1.165) is 11.3 Å². The van der Waals surface area contributed by atoms with E-state index in [0.29, 0.717) is 39.1 Å². The topological polar surface area (TPSA) is 71.1 Å². The Labute approximate surface area is 136 Å². The summed E-state index contributed by atoms with van der Waals surface area (Å²) in [5.41, 5.74) is 1.06. The molecule has 7 nitrogen and oxygen atoms in total. The highest BCUT2D eigenvalue weighted by molar-refractivity contribution is 5.75. The van der Waals surface area contributed by atoms with Gasteiger partial charge in [-0.15, -0.1) is 0 Å². The quantitative estimate of drug-likeness (QED) is 0.908. The molecule has 0 unspecified atom stereocenters. The second kappa shape index (κ2) is 8.26. The predicted octanol–water partition coefficient (Wildman–Crippen LogP) is 1.33. The average molecular weight is 321 g/mol. The number of carbonyl (C=O) groups is 2. The molecule has 0 aromatic heterocycles. The van der Waals surface area contributed by atoms with E-state index >= 15 is 0 Å². The standard InChI is InChI=1S/C16H23N3O4/c1-22-14-6-4-3-5-13(14)7-8-17-15(20)18-9-11-19(12-10-18)16(21)23-2/h3-6H,7-12H2,1-2H3,(H,17,20). The SMILES string of the molecule is COC(=O)N1CCN(C(=O)NCCc2ccccc2OC)CC1. The first-order chi connectivity index (χ1) is 11.2. The maximum atomic E-state index is 12.1. The van der Waals surface area contributed by atoms with Crippen molar-refractivity contribution in [2.75, 3.05) is 46.9 Å². The number of carbonyl (C=O) groups excluding carboxylic acids is 2. The van der Waals surface area contributed by atoms with Crippen LogP contribution in [0, 0.1) is 0 Å². The molecule has 0 atom stereocenters. The van der Waals surface area contributed by atoms with Crippen molar-refractivity contribution in [3.8, 4) is 5.75 Å². The Bertz CT molecular complexity index is 542. The normalized spacial score (nSPS) is 14.3. The molecule has 7 heteroatoms. The van der Waals surface area contributed by atoms with Crippen LogP contribution in [0.5, 0.6) is 5.75 Å². The Morgan fingerprint density at radius 1 is 1.09 bits per heavy atom. The minimum absolute atomic E-state index is 0.107. The van der Waals surface area contributed by atoms with Crippen LogP contribution >= 0.6 is 0 Å². The molecule has 0 spiro atoms. The van der Waals surface area contributed by atoms with Gasteiger partial charge in [0, 0.05) is 32.7 Å². The fourth-order valence-corrected chi connectivity index (χ4v) is 2.55. The van der Waals surface area contributed by atoms with E-state index in [4.69, 9.17) is 4.74 Å². The molecular formula is C16H23N3O4. The van der Waals surface area contributed by atoms with Gasteiger partial charge in [0.05, 0.1) is 14.2 Å². The third-order valence-electron chi connectivity index (χ3n) is 3.86. The molecular weight excluding hydrogens is 298 g/mol.